The Hall–Kier alpha value is -1.45. The van der Waals surface area contributed by atoms with Crippen molar-refractivity contribution < 1.29 is 9.90 Å². The van der Waals surface area contributed by atoms with Crippen molar-refractivity contribution in [2.75, 3.05) is 5.32 Å². The number of aromatic carboxylic acids is 1. The van der Waals surface area contributed by atoms with Gasteiger partial charge in [-0.3, -0.25) is 0 Å². The lowest BCUT2D eigenvalue weighted by Crippen LogP contribution is -2.39. The molecule has 0 fully saturated rings. The van der Waals surface area contributed by atoms with Crippen LogP contribution in [0.5, 0.6) is 0 Å². The van der Waals surface area contributed by atoms with Gasteiger partial charge in [0.05, 0.1) is 16.6 Å². The van der Waals surface area contributed by atoms with Crippen molar-refractivity contribution >= 4 is 34.9 Å². The van der Waals surface area contributed by atoms with Gasteiger partial charge in [-0.05, 0) is 18.2 Å². The summed E-state index contributed by atoms with van der Waals surface area (Å²) in [6.45, 7) is 0. The van der Waals surface area contributed by atoms with Crippen LogP contribution in [0.1, 0.15) is 10.4 Å². The molecule has 0 heterocycles. The highest BCUT2D eigenvalue weighted by molar-refractivity contribution is 6.35. The molecule has 2 unspecified atom stereocenters. The van der Waals surface area contributed by atoms with Crippen molar-refractivity contribution in [2.45, 2.75) is 10.4 Å². The third kappa shape index (κ3) is 2.52. The number of alkyl halides is 2. The molecule has 5 heteroatoms. The molecule has 0 spiro atoms. The standard InChI is InChI=1S/C13H11Cl2NO2/c14-11-7-3-4-8-13(11,15)16-10-6-2-1-5-9(10)12(17)18/h1-8,11,16H,(H,17,18). The summed E-state index contributed by atoms with van der Waals surface area (Å²) < 4.78 is 0. The first-order valence-corrected chi connectivity index (χ1v) is 6.14. The molecule has 0 aliphatic heterocycles. The van der Waals surface area contributed by atoms with Crippen LogP contribution in [0.4, 0.5) is 5.69 Å². The van der Waals surface area contributed by atoms with E-state index >= 15 is 0 Å². The van der Waals surface area contributed by atoms with Gasteiger partial charge >= 0.3 is 5.97 Å². The largest absolute Gasteiger partial charge is 0.478 e. The molecule has 2 rings (SSSR count). The van der Waals surface area contributed by atoms with Crippen LogP contribution in [0.25, 0.3) is 0 Å². The van der Waals surface area contributed by atoms with Crippen molar-refractivity contribution in [2.24, 2.45) is 0 Å². The third-order valence-electron chi connectivity index (χ3n) is 2.62. The molecule has 3 nitrogen and oxygen atoms in total. The van der Waals surface area contributed by atoms with E-state index in [4.69, 9.17) is 28.3 Å². The minimum atomic E-state index is -1.03. The van der Waals surface area contributed by atoms with Crippen LogP contribution in [-0.4, -0.2) is 21.5 Å². The second-order valence-electron chi connectivity index (χ2n) is 3.89. The number of allylic oxidation sites excluding steroid dienone is 2. The molecule has 2 atom stereocenters. The first-order chi connectivity index (χ1) is 8.53. The predicted molar refractivity (Wildman–Crippen MR) is 73.5 cm³/mol. The maximum atomic E-state index is 11.1. The third-order valence-corrected chi connectivity index (χ3v) is 3.67. The van der Waals surface area contributed by atoms with Crippen LogP contribution in [-0.2, 0) is 0 Å². The van der Waals surface area contributed by atoms with Crippen molar-refractivity contribution in [3.05, 3.63) is 54.1 Å². The summed E-state index contributed by atoms with van der Waals surface area (Å²) in [4.78, 5) is 10.1. The first-order valence-electron chi connectivity index (χ1n) is 5.32. The summed E-state index contributed by atoms with van der Waals surface area (Å²) in [7, 11) is 0. The Labute approximate surface area is 115 Å². The topological polar surface area (TPSA) is 49.3 Å². The average Bonchev–Trinajstić information content (AvgIpc) is 2.33. The second kappa shape index (κ2) is 5.04. The number of carboxylic acids is 1. The van der Waals surface area contributed by atoms with E-state index in [9.17, 15) is 4.79 Å². The van der Waals surface area contributed by atoms with Gasteiger partial charge in [0.2, 0.25) is 0 Å². The van der Waals surface area contributed by atoms with Crippen LogP contribution in [0.15, 0.2) is 48.6 Å². The van der Waals surface area contributed by atoms with Gasteiger partial charge in [0.25, 0.3) is 0 Å². The van der Waals surface area contributed by atoms with E-state index in [1.165, 1.54) is 6.07 Å². The van der Waals surface area contributed by atoms with Gasteiger partial charge in [0, 0.05) is 0 Å². The van der Waals surface area contributed by atoms with Crippen LogP contribution < -0.4 is 5.32 Å². The summed E-state index contributed by atoms with van der Waals surface area (Å²) in [5, 5.41) is 11.6. The number of carbonyl (C=O) groups is 1. The number of hydrogen-bond acceptors (Lipinski definition) is 2. The van der Waals surface area contributed by atoms with E-state index in [0.29, 0.717) is 5.69 Å². The maximum absolute atomic E-state index is 11.1. The van der Waals surface area contributed by atoms with Crippen LogP contribution in [0.2, 0.25) is 0 Å². The average molecular weight is 284 g/mol. The smallest absolute Gasteiger partial charge is 0.337 e. The molecule has 2 N–H and O–H groups in total. The quantitative estimate of drug-likeness (QED) is 0.660. The molecule has 1 aromatic rings. The Bertz CT molecular complexity index is 527. The molecule has 0 amide bonds. The zero-order valence-electron chi connectivity index (χ0n) is 9.31. The summed E-state index contributed by atoms with van der Waals surface area (Å²) >= 11 is 12.5. The van der Waals surface area contributed by atoms with Crippen LogP contribution in [0.3, 0.4) is 0 Å². The summed E-state index contributed by atoms with van der Waals surface area (Å²) in [5.41, 5.74) is 0.593. The van der Waals surface area contributed by atoms with E-state index in [2.05, 4.69) is 5.32 Å². The number of carboxylic acid groups (broad SMARTS) is 1. The lowest BCUT2D eigenvalue weighted by molar-refractivity contribution is 0.0698. The van der Waals surface area contributed by atoms with E-state index in [0.717, 1.165) is 0 Å². The number of nitrogens with one attached hydrogen (secondary N) is 1. The van der Waals surface area contributed by atoms with Crippen LogP contribution in [0, 0.1) is 0 Å². The molecule has 18 heavy (non-hydrogen) atoms. The molecular formula is C13H11Cl2NO2. The lowest BCUT2D eigenvalue weighted by atomic mass is 10.1. The van der Waals surface area contributed by atoms with Crippen molar-refractivity contribution in [3.8, 4) is 0 Å². The molecule has 94 valence electrons. The van der Waals surface area contributed by atoms with Gasteiger partial charge in [0.15, 0.2) is 5.00 Å². The van der Waals surface area contributed by atoms with E-state index in [1.807, 2.05) is 0 Å². The van der Waals surface area contributed by atoms with Crippen molar-refractivity contribution in [3.63, 3.8) is 0 Å². The number of anilines is 1. The predicted octanol–water partition coefficient (Wildman–Crippen LogP) is 3.47. The Kier molecular flexibility index (Phi) is 3.64. The number of benzene rings is 1. The van der Waals surface area contributed by atoms with Gasteiger partial charge < -0.3 is 10.4 Å². The fraction of sp³-hybridized carbons (Fsp3) is 0.154. The highest BCUT2D eigenvalue weighted by Crippen LogP contribution is 2.32. The normalized spacial score (nSPS) is 26.0. The van der Waals surface area contributed by atoms with Gasteiger partial charge in [-0.15, -0.1) is 11.6 Å². The molecule has 1 aliphatic carbocycles. The molecular weight excluding hydrogens is 273 g/mol. The van der Waals surface area contributed by atoms with Gasteiger partial charge in [-0.1, -0.05) is 42.0 Å². The Balaban J connectivity index is 2.32. The molecule has 0 bridgehead atoms. The zero-order chi connectivity index (χ0) is 13.2. The number of rotatable bonds is 3. The minimum absolute atomic E-state index is 0.157. The number of hydrogen-bond donors (Lipinski definition) is 2. The van der Waals surface area contributed by atoms with Crippen molar-refractivity contribution in [1.29, 1.82) is 0 Å². The van der Waals surface area contributed by atoms with Crippen LogP contribution >= 0.6 is 23.2 Å². The van der Waals surface area contributed by atoms with E-state index < -0.39 is 16.3 Å². The fourth-order valence-electron chi connectivity index (χ4n) is 1.68. The Morgan fingerprint density at radius 3 is 2.72 bits per heavy atom. The lowest BCUT2D eigenvalue weighted by Gasteiger charge is -2.31. The number of para-hydroxylation sites is 1. The second-order valence-corrected chi connectivity index (χ2v) is 4.99. The highest BCUT2D eigenvalue weighted by atomic mass is 35.5. The molecule has 0 radical (unpaired) electrons. The first kappa shape index (κ1) is 13.0. The Morgan fingerprint density at radius 2 is 2.06 bits per heavy atom. The molecule has 0 saturated heterocycles. The monoisotopic (exact) mass is 283 g/mol. The van der Waals surface area contributed by atoms with Gasteiger partial charge in [0.1, 0.15) is 0 Å². The SMILES string of the molecule is O=C(O)c1ccccc1NC1(Cl)C=CC=CC1Cl. The zero-order valence-corrected chi connectivity index (χ0v) is 10.8. The fourth-order valence-corrected chi connectivity index (χ4v) is 2.14. The van der Waals surface area contributed by atoms with E-state index in [1.54, 1.807) is 42.5 Å². The minimum Gasteiger partial charge on any atom is -0.478 e. The molecule has 1 aliphatic rings. The highest BCUT2D eigenvalue weighted by Gasteiger charge is 2.33. The Morgan fingerprint density at radius 1 is 1.33 bits per heavy atom. The van der Waals surface area contributed by atoms with Gasteiger partial charge in [-0.25, -0.2) is 4.79 Å². The summed E-state index contributed by atoms with van der Waals surface area (Å²) in [6.07, 6.45) is 7.00. The summed E-state index contributed by atoms with van der Waals surface area (Å²) in [5.74, 6) is -1.01. The summed E-state index contributed by atoms with van der Waals surface area (Å²) in [6, 6.07) is 6.56. The maximum Gasteiger partial charge on any atom is 0.337 e. The molecule has 1 aromatic carbocycles. The number of halogens is 2. The van der Waals surface area contributed by atoms with Gasteiger partial charge in [-0.2, -0.15) is 0 Å². The molecule has 0 aromatic heterocycles. The van der Waals surface area contributed by atoms with E-state index in [-0.39, 0.29) is 5.56 Å². The van der Waals surface area contributed by atoms with Crippen molar-refractivity contribution in [1.82, 2.24) is 0 Å². The molecule has 0 saturated carbocycles.